The molecule has 69 heavy (non-hydrogen) atoms. The lowest BCUT2D eigenvalue weighted by molar-refractivity contribution is -0.385. The molecule has 4 heterocycles. The fourth-order valence-electron chi connectivity index (χ4n) is 7.08. The summed E-state index contributed by atoms with van der Waals surface area (Å²) in [6.45, 7) is 0.592. The minimum Gasteiger partial charge on any atom is -0.492 e. The zero-order valence-corrected chi connectivity index (χ0v) is 43.4. The highest BCUT2D eigenvalue weighted by molar-refractivity contribution is 9.11. The molecule has 0 radical (unpaired) electrons. The minimum absolute atomic E-state index is 0.00525. The summed E-state index contributed by atoms with van der Waals surface area (Å²) in [6.07, 6.45) is 0.542. The molecule has 0 saturated heterocycles. The second-order valence-electron chi connectivity index (χ2n) is 15.3. The molecule has 8 bridgehead atoms. The number of benzene rings is 6. The average molecular weight is 1190 g/mol. The van der Waals surface area contributed by atoms with E-state index in [0.29, 0.717) is 53.5 Å². The fourth-order valence-corrected chi connectivity index (χ4v) is 9.36. The Hall–Kier alpha value is -6.28. The van der Waals surface area contributed by atoms with E-state index < -0.39 is 16.7 Å². The molecular formula is C50H43Br4N5O10. The predicted molar refractivity (Wildman–Crippen MR) is 275 cm³/mol. The van der Waals surface area contributed by atoms with Crippen molar-refractivity contribution in [2.75, 3.05) is 27.3 Å². The number of nitro groups is 1. The van der Waals surface area contributed by atoms with Gasteiger partial charge in [-0.2, -0.15) is 0 Å². The first-order valence-corrected chi connectivity index (χ1v) is 24.4. The van der Waals surface area contributed by atoms with Crippen molar-refractivity contribution in [3.8, 4) is 34.5 Å². The van der Waals surface area contributed by atoms with Crippen molar-refractivity contribution in [2.45, 2.75) is 38.9 Å². The maximum atomic E-state index is 14.0. The maximum Gasteiger partial charge on any atom is 0.276 e. The highest BCUT2D eigenvalue weighted by Crippen LogP contribution is 2.44. The SMILES string of the molecule is COc1c(Br)cc2cc1Oc1ccc(cc1Br)CCNC(=O)/C(=N/OCc1ccccc1)Cc1cc(Br)c(OC)c(c1)Oc1cc([N+](=O)[O-])c(cc1Br)CC(=NOCc1ccccc1)C(=O)NCC2. The average Bonchev–Trinajstić information content (AvgIpc) is 3.32. The molecule has 4 aliphatic rings. The number of hydrogen-bond acceptors (Lipinski definition) is 12. The van der Waals surface area contributed by atoms with Gasteiger partial charge in [0.2, 0.25) is 0 Å². The summed E-state index contributed by atoms with van der Waals surface area (Å²) in [6, 6.07) is 34.1. The van der Waals surface area contributed by atoms with Gasteiger partial charge in [-0.25, -0.2) is 0 Å². The number of nitrogens with one attached hydrogen (secondary N) is 2. The number of oxime groups is 2. The second kappa shape index (κ2) is 24.3. The first kappa shape index (κ1) is 50.6. The molecule has 0 atom stereocenters. The summed E-state index contributed by atoms with van der Waals surface area (Å²) in [5, 5.41) is 27.1. The smallest absolute Gasteiger partial charge is 0.276 e. The summed E-state index contributed by atoms with van der Waals surface area (Å²) in [5.41, 5.74) is 3.71. The molecule has 2 amide bonds. The molecule has 0 aromatic heterocycles. The summed E-state index contributed by atoms with van der Waals surface area (Å²) >= 11 is 14.4. The van der Waals surface area contributed by atoms with E-state index in [-0.39, 0.29) is 79.1 Å². The van der Waals surface area contributed by atoms with E-state index in [1.54, 1.807) is 12.1 Å². The third-order valence-electron chi connectivity index (χ3n) is 10.5. The second-order valence-corrected chi connectivity index (χ2v) is 18.7. The van der Waals surface area contributed by atoms with E-state index in [2.05, 4.69) is 84.7 Å². The summed E-state index contributed by atoms with van der Waals surface area (Å²) < 4.78 is 26.2. The number of rotatable bonds is 9. The van der Waals surface area contributed by atoms with Gasteiger partial charge in [0.05, 0.1) is 43.1 Å². The standard InChI is InChI=1S/C50H43Br4N5O10/c1-64-47-38(53)20-33-16-18-56-50(61)41(58-67-29-32-11-7-4-8-12-32)26-35-25-37(52)44(27-42(35)59(62)63)69-46-24-34(21-39(54)48(46)65-2)22-40(57-66-28-31-9-5-3-6-10-31)49(60)55-17-15-30-13-14-43(36(51)19-30)68-45(47)23-33/h3-14,19-21,23-25,27H,15-18,22,26,28-29H2,1-2H3,(H,55,60)(H,56,61)/b57-40+,58-41?. The zero-order valence-electron chi connectivity index (χ0n) is 37.1. The maximum absolute atomic E-state index is 14.0. The monoisotopic (exact) mass is 1190 g/mol. The van der Waals surface area contributed by atoms with Gasteiger partial charge in [-0.3, -0.25) is 19.7 Å². The van der Waals surface area contributed by atoms with Crippen LogP contribution in [0.1, 0.15) is 33.4 Å². The van der Waals surface area contributed by atoms with Crippen LogP contribution in [0.15, 0.2) is 143 Å². The Morgan fingerprint density at radius 2 is 1.07 bits per heavy atom. The molecule has 10 rings (SSSR count). The lowest BCUT2D eigenvalue weighted by Crippen LogP contribution is -2.34. The Bertz CT molecular complexity index is 2900. The number of carbonyl (C=O) groups is 2. The lowest BCUT2D eigenvalue weighted by Gasteiger charge is -2.17. The van der Waals surface area contributed by atoms with Crippen LogP contribution in [-0.2, 0) is 58.2 Å². The van der Waals surface area contributed by atoms with Crippen molar-refractivity contribution in [3.63, 3.8) is 0 Å². The normalized spacial score (nSPS) is 14.7. The topological polar surface area (TPSA) is 181 Å². The number of nitrogens with zero attached hydrogens (tertiary/aromatic N) is 3. The molecular weight excluding hydrogens is 1150 g/mol. The van der Waals surface area contributed by atoms with Crippen molar-refractivity contribution in [2.24, 2.45) is 10.3 Å². The summed E-state index contributed by atoms with van der Waals surface area (Å²) in [5.74, 6) is 0.851. The van der Waals surface area contributed by atoms with E-state index in [1.807, 2.05) is 91.0 Å². The number of halogens is 4. The summed E-state index contributed by atoms with van der Waals surface area (Å²) in [4.78, 5) is 51.4. The van der Waals surface area contributed by atoms with Gasteiger partial charge in [0.25, 0.3) is 17.5 Å². The van der Waals surface area contributed by atoms with E-state index in [9.17, 15) is 19.7 Å². The van der Waals surface area contributed by atoms with Gasteiger partial charge in [-0.15, -0.1) is 0 Å². The third-order valence-corrected chi connectivity index (χ3v) is 12.9. The zero-order chi connectivity index (χ0) is 48.9. The Morgan fingerprint density at radius 3 is 1.62 bits per heavy atom. The first-order valence-electron chi connectivity index (χ1n) is 21.2. The van der Waals surface area contributed by atoms with E-state index in [0.717, 1.165) is 22.3 Å². The fraction of sp³-hybridized carbons (Fsp3) is 0.200. The van der Waals surface area contributed by atoms with E-state index >= 15 is 0 Å². The Morgan fingerprint density at radius 1 is 0.580 bits per heavy atom. The van der Waals surface area contributed by atoms with Crippen LogP contribution < -0.4 is 29.6 Å². The van der Waals surface area contributed by atoms with Crippen LogP contribution in [0, 0.1) is 10.1 Å². The molecule has 6 aromatic carbocycles. The van der Waals surface area contributed by atoms with Crippen molar-refractivity contribution >= 4 is 92.6 Å². The Labute approximate surface area is 431 Å². The Balaban J connectivity index is 1.27. The predicted octanol–water partition coefficient (Wildman–Crippen LogP) is 11.5. The van der Waals surface area contributed by atoms with Gasteiger partial charge in [0, 0.05) is 31.5 Å². The highest BCUT2D eigenvalue weighted by Gasteiger charge is 2.26. The molecule has 19 heteroatoms. The number of nitro benzene ring substituents is 1. The van der Waals surface area contributed by atoms with E-state index in [1.165, 1.54) is 26.4 Å². The van der Waals surface area contributed by atoms with Gasteiger partial charge >= 0.3 is 0 Å². The number of amides is 2. The third kappa shape index (κ3) is 13.7. The van der Waals surface area contributed by atoms with Gasteiger partial charge in [-0.05, 0) is 147 Å². The number of hydrogen-bond donors (Lipinski definition) is 2. The molecule has 4 aliphatic heterocycles. The first-order chi connectivity index (χ1) is 33.4. The van der Waals surface area contributed by atoms with Crippen LogP contribution in [0.4, 0.5) is 5.69 Å². The molecule has 356 valence electrons. The van der Waals surface area contributed by atoms with Crippen molar-refractivity contribution in [3.05, 3.63) is 177 Å². The van der Waals surface area contributed by atoms with Gasteiger partial charge in [0.1, 0.15) is 36.1 Å². The molecule has 2 N–H and O–H groups in total. The van der Waals surface area contributed by atoms with Crippen LogP contribution in [0.5, 0.6) is 34.5 Å². The van der Waals surface area contributed by atoms with Gasteiger partial charge < -0.3 is 39.3 Å². The number of methoxy groups -OCH3 is 2. The Kier molecular flexibility index (Phi) is 17.8. The van der Waals surface area contributed by atoms with Gasteiger partial charge in [0.15, 0.2) is 23.0 Å². The molecule has 0 fully saturated rings. The van der Waals surface area contributed by atoms with Crippen LogP contribution in [-0.4, -0.2) is 55.5 Å². The van der Waals surface area contributed by atoms with Gasteiger partial charge in [-0.1, -0.05) is 77.0 Å². The summed E-state index contributed by atoms with van der Waals surface area (Å²) in [7, 11) is 2.99. The van der Waals surface area contributed by atoms with Crippen LogP contribution >= 0.6 is 63.7 Å². The van der Waals surface area contributed by atoms with Crippen molar-refractivity contribution in [1.82, 2.24) is 10.6 Å². The number of ether oxygens (including phenoxy) is 4. The molecule has 15 nitrogen and oxygen atoms in total. The molecule has 0 spiro atoms. The molecule has 0 aliphatic carbocycles. The molecule has 0 saturated carbocycles. The molecule has 6 aromatic rings. The minimum atomic E-state index is -0.594. The van der Waals surface area contributed by atoms with Crippen LogP contribution in [0.25, 0.3) is 0 Å². The van der Waals surface area contributed by atoms with Crippen LogP contribution in [0.2, 0.25) is 0 Å². The van der Waals surface area contributed by atoms with E-state index in [4.69, 9.17) is 28.6 Å². The highest BCUT2D eigenvalue weighted by atomic mass is 79.9. The molecule has 0 unspecified atom stereocenters. The lowest BCUT2D eigenvalue weighted by atomic mass is 10.0. The number of carbonyl (C=O) groups excluding carboxylic acids is 2. The quantitative estimate of drug-likeness (QED) is 0.104. The van der Waals surface area contributed by atoms with Crippen molar-refractivity contribution < 1.29 is 43.1 Å². The van der Waals surface area contributed by atoms with Crippen molar-refractivity contribution in [1.29, 1.82) is 0 Å². The van der Waals surface area contributed by atoms with Crippen LogP contribution in [0.3, 0.4) is 0 Å². The largest absolute Gasteiger partial charge is 0.492 e.